The SMILES string of the molecule is COc1ccc(-c2nnc(SCC(=O)N(C(C)C)C(C)C)n2-c2ccccc2C)cc1. The molecule has 0 aliphatic carbocycles. The summed E-state index contributed by atoms with van der Waals surface area (Å²) in [4.78, 5) is 14.8. The van der Waals surface area contributed by atoms with Crippen molar-refractivity contribution < 1.29 is 9.53 Å². The van der Waals surface area contributed by atoms with Crippen LogP contribution >= 0.6 is 11.8 Å². The van der Waals surface area contributed by atoms with Crippen molar-refractivity contribution in [1.29, 1.82) is 0 Å². The molecule has 7 heteroatoms. The minimum absolute atomic E-state index is 0.0975. The summed E-state index contributed by atoms with van der Waals surface area (Å²) < 4.78 is 7.31. The highest BCUT2D eigenvalue weighted by Gasteiger charge is 2.23. The minimum Gasteiger partial charge on any atom is -0.497 e. The second-order valence-electron chi connectivity index (χ2n) is 7.93. The number of hydrogen-bond donors (Lipinski definition) is 0. The maximum Gasteiger partial charge on any atom is 0.233 e. The van der Waals surface area contributed by atoms with Crippen LogP contribution in [-0.4, -0.2) is 50.5 Å². The van der Waals surface area contributed by atoms with Gasteiger partial charge in [-0.1, -0.05) is 30.0 Å². The van der Waals surface area contributed by atoms with Crippen molar-refractivity contribution in [3.05, 3.63) is 54.1 Å². The van der Waals surface area contributed by atoms with Gasteiger partial charge in [0.25, 0.3) is 0 Å². The lowest BCUT2D eigenvalue weighted by Crippen LogP contribution is -2.43. The summed E-state index contributed by atoms with van der Waals surface area (Å²) in [6.45, 7) is 10.2. The largest absolute Gasteiger partial charge is 0.497 e. The van der Waals surface area contributed by atoms with Gasteiger partial charge in [0, 0.05) is 17.6 Å². The number of methoxy groups -OCH3 is 1. The Balaban J connectivity index is 1.98. The summed E-state index contributed by atoms with van der Waals surface area (Å²) in [5.41, 5.74) is 3.04. The second-order valence-corrected chi connectivity index (χ2v) is 8.88. The van der Waals surface area contributed by atoms with Crippen LogP contribution in [0.1, 0.15) is 33.3 Å². The quantitative estimate of drug-likeness (QED) is 0.464. The van der Waals surface area contributed by atoms with E-state index in [1.165, 1.54) is 11.8 Å². The molecule has 0 N–H and O–H groups in total. The molecule has 2 aromatic carbocycles. The minimum atomic E-state index is 0.0975. The normalized spacial score (nSPS) is 11.2. The van der Waals surface area contributed by atoms with E-state index >= 15 is 0 Å². The first-order chi connectivity index (χ1) is 14.8. The first-order valence-electron chi connectivity index (χ1n) is 10.4. The Morgan fingerprint density at radius 1 is 1.03 bits per heavy atom. The molecule has 0 saturated carbocycles. The number of carbonyl (C=O) groups excluding carboxylic acids is 1. The van der Waals surface area contributed by atoms with E-state index in [-0.39, 0.29) is 18.0 Å². The number of nitrogens with zero attached hydrogens (tertiary/aromatic N) is 4. The molecular formula is C24H30N4O2S. The van der Waals surface area contributed by atoms with E-state index in [0.29, 0.717) is 10.9 Å². The van der Waals surface area contributed by atoms with Crippen LogP contribution in [0.15, 0.2) is 53.7 Å². The molecule has 0 saturated heterocycles. The number of aromatic nitrogens is 3. The van der Waals surface area contributed by atoms with Gasteiger partial charge in [-0.05, 0) is 70.5 Å². The average Bonchev–Trinajstić information content (AvgIpc) is 3.15. The molecule has 1 aromatic heterocycles. The van der Waals surface area contributed by atoms with E-state index in [1.54, 1.807) is 7.11 Å². The van der Waals surface area contributed by atoms with Crippen molar-refractivity contribution in [1.82, 2.24) is 19.7 Å². The smallest absolute Gasteiger partial charge is 0.233 e. The lowest BCUT2D eigenvalue weighted by molar-refractivity contribution is -0.131. The van der Waals surface area contributed by atoms with Gasteiger partial charge in [-0.25, -0.2) is 0 Å². The molecule has 0 fully saturated rings. The van der Waals surface area contributed by atoms with Crippen LogP contribution in [0.4, 0.5) is 0 Å². The highest BCUT2D eigenvalue weighted by Crippen LogP contribution is 2.30. The molecule has 0 unspecified atom stereocenters. The van der Waals surface area contributed by atoms with E-state index in [4.69, 9.17) is 4.74 Å². The lowest BCUT2D eigenvalue weighted by atomic mass is 10.1. The van der Waals surface area contributed by atoms with Gasteiger partial charge in [0.15, 0.2) is 11.0 Å². The van der Waals surface area contributed by atoms with Crippen molar-refractivity contribution in [3.63, 3.8) is 0 Å². The van der Waals surface area contributed by atoms with Crippen LogP contribution in [0.3, 0.4) is 0 Å². The average molecular weight is 439 g/mol. The van der Waals surface area contributed by atoms with E-state index in [1.807, 2.05) is 79.6 Å². The van der Waals surface area contributed by atoms with Crippen molar-refractivity contribution >= 4 is 17.7 Å². The first-order valence-corrected chi connectivity index (χ1v) is 11.4. The number of aryl methyl sites for hydroxylation is 1. The first kappa shape index (κ1) is 22.9. The molecule has 0 aliphatic rings. The van der Waals surface area contributed by atoms with Crippen LogP contribution < -0.4 is 4.74 Å². The maximum absolute atomic E-state index is 12.9. The molecule has 1 heterocycles. The van der Waals surface area contributed by atoms with Crippen molar-refractivity contribution in [3.8, 4) is 22.8 Å². The molecule has 164 valence electrons. The Hall–Kier alpha value is -2.80. The fraction of sp³-hybridized carbons (Fsp3) is 0.375. The van der Waals surface area contributed by atoms with E-state index < -0.39 is 0 Å². The summed E-state index contributed by atoms with van der Waals surface area (Å²) in [5, 5.41) is 9.62. The number of thioether (sulfide) groups is 1. The molecule has 31 heavy (non-hydrogen) atoms. The monoisotopic (exact) mass is 438 g/mol. The fourth-order valence-electron chi connectivity index (χ4n) is 3.70. The maximum atomic E-state index is 12.9. The Morgan fingerprint density at radius 3 is 2.26 bits per heavy atom. The zero-order valence-corrected chi connectivity index (χ0v) is 19.8. The molecule has 6 nitrogen and oxygen atoms in total. The molecular weight excluding hydrogens is 408 g/mol. The molecule has 0 spiro atoms. The number of benzene rings is 2. The van der Waals surface area contributed by atoms with Crippen molar-refractivity contribution in [2.45, 2.75) is 51.9 Å². The summed E-state index contributed by atoms with van der Waals surface area (Å²) in [7, 11) is 1.65. The number of carbonyl (C=O) groups is 1. The van der Waals surface area contributed by atoms with Gasteiger partial charge in [-0.3, -0.25) is 9.36 Å². The molecule has 0 aliphatic heterocycles. The Morgan fingerprint density at radius 2 is 1.68 bits per heavy atom. The van der Waals surface area contributed by atoms with Crippen molar-refractivity contribution in [2.24, 2.45) is 0 Å². The van der Waals surface area contributed by atoms with Crippen LogP contribution in [0.25, 0.3) is 17.1 Å². The molecule has 0 radical (unpaired) electrons. The number of hydrogen-bond acceptors (Lipinski definition) is 5. The Bertz CT molecular complexity index is 1020. The zero-order chi connectivity index (χ0) is 22.5. The summed E-state index contributed by atoms with van der Waals surface area (Å²) >= 11 is 1.42. The third-order valence-electron chi connectivity index (χ3n) is 5.06. The Labute approximate surface area is 188 Å². The number of rotatable bonds is 8. The van der Waals surface area contributed by atoms with Crippen LogP contribution in [-0.2, 0) is 4.79 Å². The predicted molar refractivity (Wildman–Crippen MR) is 126 cm³/mol. The number of amides is 1. The standard InChI is InChI=1S/C24H30N4O2S/c1-16(2)27(17(3)4)22(29)15-31-24-26-25-23(19-11-13-20(30-6)14-12-19)28(24)21-10-8-7-9-18(21)5/h7-14,16-17H,15H2,1-6H3. The van der Waals surface area contributed by atoms with Gasteiger partial charge in [-0.2, -0.15) is 0 Å². The number of para-hydroxylation sites is 1. The van der Waals surface area contributed by atoms with Crippen LogP contribution in [0.5, 0.6) is 5.75 Å². The van der Waals surface area contributed by atoms with Gasteiger partial charge in [-0.15, -0.1) is 10.2 Å². The summed E-state index contributed by atoms with van der Waals surface area (Å²) in [6.07, 6.45) is 0. The summed E-state index contributed by atoms with van der Waals surface area (Å²) in [5.74, 6) is 1.92. The summed E-state index contributed by atoms with van der Waals surface area (Å²) in [6, 6.07) is 16.2. The molecule has 1 amide bonds. The predicted octanol–water partition coefficient (Wildman–Crippen LogP) is 4.99. The van der Waals surface area contributed by atoms with E-state index in [0.717, 1.165) is 28.4 Å². The molecule has 0 atom stereocenters. The van der Waals surface area contributed by atoms with Gasteiger partial charge < -0.3 is 9.64 Å². The lowest BCUT2D eigenvalue weighted by Gasteiger charge is -2.30. The van der Waals surface area contributed by atoms with Crippen molar-refractivity contribution in [2.75, 3.05) is 12.9 Å². The topological polar surface area (TPSA) is 60.3 Å². The van der Waals surface area contributed by atoms with Gasteiger partial charge in [0.05, 0.1) is 18.6 Å². The van der Waals surface area contributed by atoms with E-state index in [2.05, 4.69) is 23.2 Å². The third-order valence-corrected chi connectivity index (χ3v) is 5.98. The third kappa shape index (κ3) is 5.10. The van der Waals surface area contributed by atoms with Crippen LogP contribution in [0.2, 0.25) is 0 Å². The fourth-order valence-corrected chi connectivity index (χ4v) is 4.51. The molecule has 3 rings (SSSR count). The van der Waals surface area contributed by atoms with Gasteiger partial charge >= 0.3 is 0 Å². The molecule has 3 aromatic rings. The zero-order valence-electron chi connectivity index (χ0n) is 19.0. The highest BCUT2D eigenvalue weighted by atomic mass is 32.2. The number of ether oxygens (including phenoxy) is 1. The molecule has 0 bridgehead atoms. The van der Waals surface area contributed by atoms with Gasteiger partial charge in [0.2, 0.25) is 5.91 Å². The van der Waals surface area contributed by atoms with E-state index in [9.17, 15) is 4.79 Å². The Kier molecular flexibility index (Phi) is 7.38. The second kappa shape index (κ2) is 10.0. The van der Waals surface area contributed by atoms with Gasteiger partial charge in [0.1, 0.15) is 5.75 Å². The highest BCUT2D eigenvalue weighted by molar-refractivity contribution is 7.99. The van der Waals surface area contributed by atoms with Crippen LogP contribution in [0, 0.1) is 6.92 Å².